The number of esters is 1. The van der Waals surface area contributed by atoms with Crippen LogP contribution < -0.4 is 5.73 Å². The van der Waals surface area contributed by atoms with Crippen molar-refractivity contribution in [2.75, 3.05) is 0 Å². The molecule has 3 N–H and O–H groups in total. The Morgan fingerprint density at radius 2 is 1.61 bits per heavy atom. The van der Waals surface area contributed by atoms with Gasteiger partial charge in [-0.3, -0.25) is 0 Å². The number of carboxylic acids is 1. The maximum Gasteiger partial charge on any atom is 0.338 e. The Labute approximate surface area is 106 Å². The summed E-state index contributed by atoms with van der Waals surface area (Å²) in [4.78, 5) is 23.2. The zero-order valence-electron chi connectivity index (χ0n) is 11.7. The fourth-order valence-corrected chi connectivity index (χ4v) is 1.35. The molecule has 0 heterocycles. The number of carboxylic acid groups (broad SMARTS) is 1. The molecular formula is C12H22FNO4. The summed E-state index contributed by atoms with van der Waals surface area (Å²) in [6.45, 7) is 8.37. The van der Waals surface area contributed by atoms with Gasteiger partial charge in [-0.15, -0.1) is 0 Å². The molecule has 2 atom stereocenters. The second-order valence-electron chi connectivity index (χ2n) is 5.96. The summed E-state index contributed by atoms with van der Waals surface area (Å²) in [5.41, 5.74) is 0.378. The number of carbonyl (C=O) groups excluding carboxylic acids is 1. The molecule has 6 heteroatoms. The Morgan fingerprint density at radius 3 is 1.83 bits per heavy atom. The highest BCUT2D eigenvalue weighted by Gasteiger charge is 2.55. The lowest BCUT2D eigenvalue weighted by molar-refractivity contribution is -0.174. The Morgan fingerprint density at radius 1 is 1.22 bits per heavy atom. The molecule has 0 saturated heterocycles. The van der Waals surface area contributed by atoms with Gasteiger partial charge < -0.3 is 15.6 Å². The van der Waals surface area contributed by atoms with Crippen LogP contribution >= 0.6 is 0 Å². The van der Waals surface area contributed by atoms with Gasteiger partial charge in [0.2, 0.25) is 5.54 Å². The average Bonchev–Trinajstić information content (AvgIpc) is 2.10. The minimum absolute atomic E-state index is 0.892. The van der Waals surface area contributed by atoms with Crippen LogP contribution in [0.25, 0.3) is 0 Å². The lowest BCUT2D eigenvalue weighted by Gasteiger charge is -2.36. The molecular weight excluding hydrogens is 241 g/mol. The summed E-state index contributed by atoms with van der Waals surface area (Å²) in [6, 6.07) is 0. The number of hydrogen-bond donors (Lipinski definition) is 2. The molecule has 18 heavy (non-hydrogen) atoms. The summed E-state index contributed by atoms with van der Waals surface area (Å²) in [7, 11) is 0. The Balaban J connectivity index is 5.43. The van der Waals surface area contributed by atoms with Crippen molar-refractivity contribution in [1.29, 1.82) is 0 Å². The SMILES string of the molecule is CC(C(C)(C)F)C(N)(C(=O)O)C(=O)OC(C)(C)C. The minimum atomic E-state index is -2.41. The van der Waals surface area contributed by atoms with Crippen LogP contribution in [0.15, 0.2) is 0 Å². The number of alkyl halides is 1. The molecule has 0 rings (SSSR count). The third-order valence-electron chi connectivity index (χ3n) is 2.80. The van der Waals surface area contributed by atoms with Crippen molar-refractivity contribution in [3.63, 3.8) is 0 Å². The summed E-state index contributed by atoms with van der Waals surface area (Å²) < 4.78 is 18.8. The Kier molecular flexibility index (Phi) is 4.52. The third-order valence-corrected chi connectivity index (χ3v) is 2.80. The van der Waals surface area contributed by atoms with E-state index in [0.717, 1.165) is 0 Å². The molecule has 0 radical (unpaired) electrons. The fraction of sp³-hybridized carbons (Fsp3) is 0.833. The summed E-state index contributed by atoms with van der Waals surface area (Å²) in [5, 5.41) is 9.14. The Bertz CT molecular complexity index is 343. The van der Waals surface area contributed by atoms with E-state index in [1.54, 1.807) is 20.8 Å². The number of rotatable bonds is 4. The zero-order chi connectivity index (χ0) is 14.9. The van der Waals surface area contributed by atoms with Crippen molar-refractivity contribution in [3.8, 4) is 0 Å². The quantitative estimate of drug-likeness (QED) is 0.592. The van der Waals surface area contributed by atoms with Crippen LogP contribution in [-0.4, -0.2) is 33.9 Å². The van der Waals surface area contributed by atoms with E-state index in [1.807, 2.05) is 0 Å². The van der Waals surface area contributed by atoms with Crippen molar-refractivity contribution >= 4 is 11.9 Å². The van der Waals surface area contributed by atoms with Crippen LogP contribution in [0.3, 0.4) is 0 Å². The second kappa shape index (κ2) is 4.84. The van der Waals surface area contributed by atoms with Gasteiger partial charge in [0.05, 0.1) is 0 Å². The number of aliphatic carboxylic acids is 1. The van der Waals surface area contributed by atoms with Crippen molar-refractivity contribution in [2.45, 2.75) is 58.4 Å². The van der Waals surface area contributed by atoms with Crippen molar-refractivity contribution in [3.05, 3.63) is 0 Å². The molecule has 0 spiro atoms. The van der Waals surface area contributed by atoms with E-state index in [4.69, 9.17) is 15.6 Å². The molecule has 2 unspecified atom stereocenters. The molecule has 106 valence electrons. The number of hydrogen-bond acceptors (Lipinski definition) is 4. The first-order chi connectivity index (χ1) is 7.73. The standard InChI is InChI=1S/C12H22FNO4/c1-7(11(5,6)13)12(14,8(15)16)9(17)18-10(2,3)4/h7H,14H2,1-6H3,(H,15,16). The van der Waals surface area contributed by atoms with E-state index in [-0.39, 0.29) is 0 Å². The summed E-state index contributed by atoms with van der Waals surface area (Å²) in [6.07, 6.45) is 0. The highest BCUT2D eigenvalue weighted by atomic mass is 19.1. The molecule has 0 fully saturated rings. The van der Waals surface area contributed by atoms with E-state index in [9.17, 15) is 14.0 Å². The lowest BCUT2D eigenvalue weighted by Crippen LogP contribution is -2.64. The van der Waals surface area contributed by atoms with Gasteiger partial charge in [-0.1, -0.05) is 6.92 Å². The van der Waals surface area contributed by atoms with Gasteiger partial charge in [0.15, 0.2) is 0 Å². The van der Waals surface area contributed by atoms with Crippen LogP contribution in [0.1, 0.15) is 41.5 Å². The smallest absolute Gasteiger partial charge is 0.338 e. The van der Waals surface area contributed by atoms with E-state index >= 15 is 0 Å². The number of ether oxygens (including phenoxy) is 1. The van der Waals surface area contributed by atoms with Crippen molar-refractivity contribution in [2.24, 2.45) is 11.7 Å². The van der Waals surface area contributed by atoms with E-state index in [2.05, 4.69) is 0 Å². The first-order valence-corrected chi connectivity index (χ1v) is 5.67. The lowest BCUT2D eigenvalue weighted by atomic mass is 9.77. The summed E-state index contributed by atoms with van der Waals surface area (Å²) in [5.74, 6) is -3.98. The zero-order valence-corrected chi connectivity index (χ0v) is 11.7. The van der Waals surface area contributed by atoms with Gasteiger partial charge in [0.1, 0.15) is 11.3 Å². The first kappa shape index (κ1) is 16.8. The third kappa shape index (κ3) is 3.66. The highest BCUT2D eigenvalue weighted by molar-refractivity contribution is 6.04. The van der Waals surface area contributed by atoms with Crippen LogP contribution in [0, 0.1) is 5.92 Å². The number of halogens is 1. The van der Waals surface area contributed by atoms with Gasteiger partial charge >= 0.3 is 11.9 Å². The molecule has 0 amide bonds. The Hall–Kier alpha value is -1.17. The first-order valence-electron chi connectivity index (χ1n) is 5.67. The minimum Gasteiger partial charge on any atom is -0.479 e. The van der Waals surface area contributed by atoms with Crippen LogP contribution in [-0.2, 0) is 14.3 Å². The van der Waals surface area contributed by atoms with Gasteiger partial charge in [0.25, 0.3) is 0 Å². The predicted molar refractivity (Wildman–Crippen MR) is 64.8 cm³/mol. The topological polar surface area (TPSA) is 89.6 Å². The monoisotopic (exact) mass is 263 g/mol. The molecule has 5 nitrogen and oxygen atoms in total. The van der Waals surface area contributed by atoms with E-state index in [1.165, 1.54) is 20.8 Å². The highest BCUT2D eigenvalue weighted by Crippen LogP contribution is 2.31. The molecule has 0 aliphatic rings. The van der Waals surface area contributed by atoms with Crippen molar-refractivity contribution < 1.29 is 23.8 Å². The maximum absolute atomic E-state index is 13.9. The van der Waals surface area contributed by atoms with Crippen LogP contribution in [0.4, 0.5) is 4.39 Å². The number of nitrogens with two attached hydrogens (primary N) is 1. The van der Waals surface area contributed by atoms with Gasteiger partial charge in [-0.25, -0.2) is 14.0 Å². The predicted octanol–water partition coefficient (Wildman–Crippen LogP) is 1.49. The average molecular weight is 263 g/mol. The normalized spacial score (nSPS) is 17.8. The van der Waals surface area contributed by atoms with E-state index in [0.29, 0.717) is 0 Å². The van der Waals surface area contributed by atoms with Crippen LogP contribution in [0.2, 0.25) is 0 Å². The molecule has 0 saturated carbocycles. The number of carbonyl (C=O) groups is 2. The summed E-state index contributed by atoms with van der Waals surface area (Å²) >= 11 is 0. The van der Waals surface area contributed by atoms with Gasteiger partial charge in [0, 0.05) is 5.92 Å². The molecule has 0 bridgehead atoms. The second-order valence-corrected chi connectivity index (χ2v) is 5.96. The molecule has 0 aromatic rings. The van der Waals surface area contributed by atoms with Gasteiger partial charge in [-0.2, -0.15) is 0 Å². The molecule has 0 aromatic carbocycles. The fourth-order valence-electron chi connectivity index (χ4n) is 1.35. The molecule has 0 aliphatic heterocycles. The molecule has 0 aromatic heterocycles. The van der Waals surface area contributed by atoms with Crippen molar-refractivity contribution in [1.82, 2.24) is 0 Å². The maximum atomic E-state index is 13.9. The van der Waals surface area contributed by atoms with Crippen LogP contribution in [0.5, 0.6) is 0 Å². The van der Waals surface area contributed by atoms with Gasteiger partial charge in [-0.05, 0) is 34.6 Å². The van der Waals surface area contributed by atoms with E-state index < -0.39 is 34.7 Å². The largest absolute Gasteiger partial charge is 0.479 e. The molecule has 0 aliphatic carbocycles.